The minimum absolute atomic E-state index is 0.0897. The van der Waals surface area contributed by atoms with Crippen molar-refractivity contribution >= 4 is 28.9 Å². The second-order valence-corrected chi connectivity index (χ2v) is 7.28. The van der Waals surface area contributed by atoms with Gasteiger partial charge < -0.3 is 14.3 Å². The highest BCUT2D eigenvalue weighted by atomic mass is 35.5. The molecule has 0 unspecified atom stereocenters. The average molecular weight is 448 g/mol. The van der Waals surface area contributed by atoms with Gasteiger partial charge in [-0.25, -0.2) is 4.39 Å². The second-order valence-electron chi connectivity index (χ2n) is 6.19. The van der Waals surface area contributed by atoms with Crippen LogP contribution in [0.3, 0.4) is 0 Å². The van der Waals surface area contributed by atoms with Gasteiger partial charge in [0.25, 0.3) is 0 Å². The average Bonchev–Trinajstić information content (AvgIpc) is 2.75. The van der Waals surface area contributed by atoms with Crippen LogP contribution in [0.25, 0.3) is 0 Å². The Balaban J connectivity index is 1.69. The van der Waals surface area contributed by atoms with Crippen molar-refractivity contribution in [3.63, 3.8) is 0 Å². The molecule has 0 aliphatic heterocycles. The van der Waals surface area contributed by atoms with E-state index in [0.717, 1.165) is 5.75 Å². The summed E-state index contributed by atoms with van der Waals surface area (Å²) in [6.07, 6.45) is 0. The molecule has 3 aromatic rings. The molecule has 0 heterocycles. The first-order valence-corrected chi connectivity index (χ1v) is 10.2. The smallest absolute Gasteiger partial charge is 0.165 e. The minimum atomic E-state index is -0.881. The maximum Gasteiger partial charge on any atom is 0.165 e. The van der Waals surface area contributed by atoms with E-state index in [1.807, 2.05) is 25.1 Å². The van der Waals surface area contributed by atoms with E-state index in [1.165, 1.54) is 6.07 Å². The van der Waals surface area contributed by atoms with Crippen molar-refractivity contribution in [3.05, 3.63) is 89.7 Å². The fourth-order valence-corrected chi connectivity index (χ4v) is 2.95. The lowest BCUT2D eigenvalue weighted by molar-refractivity contribution is 0.130. The van der Waals surface area contributed by atoms with Gasteiger partial charge in [0.1, 0.15) is 23.8 Å². The summed E-state index contributed by atoms with van der Waals surface area (Å²) in [5, 5.41) is 4.08. The molecule has 0 fully saturated rings. The zero-order valence-electron chi connectivity index (χ0n) is 16.2. The Bertz CT molecular complexity index is 979. The van der Waals surface area contributed by atoms with E-state index >= 15 is 0 Å². The van der Waals surface area contributed by atoms with Crippen LogP contribution in [0.2, 0.25) is 0 Å². The van der Waals surface area contributed by atoms with E-state index < -0.39 is 10.7 Å². The molecule has 30 heavy (non-hydrogen) atoms. The fraction of sp³-hybridized carbons (Fsp3) is 0.174. The molecule has 0 amide bonds. The normalized spacial score (nSPS) is 11.4. The predicted molar refractivity (Wildman–Crippen MR) is 117 cm³/mol. The number of ether oxygens (including phenoxy) is 2. The third kappa shape index (κ3) is 6.12. The Hall–Kier alpha value is -2.76. The zero-order chi connectivity index (χ0) is 21.3. The van der Waals surface area contributed by atoms with Crippen LogP contribution in [0, 0.1) is 5.82 Å². The van der Waals surface area contributed by atoms with Gasteiger partial charge in [0.15, 0.2) is 16.4 Å². The van der Waals surface area contributed by atoms with E-state index in [1.54, 1.807) is 48.5 Å². The SMILES string of the molecule is CCOc1ccc(C(=NOCc2ccc(F)c(Oc3ccccc3)c2)C(Cl)Cl)cc1. The summed E-state index contributed by atoms with van der Waals surface area (Å²) in [6, 6.07) is 20.7. The number of hydrogen-bond donors (Lipinski definition) is 0. The molecule has 0 radical (unpaired) electrons. The molecule has 7 heteroatoms. The van der Waals surface area contributed by atoms with Gasteiger partial charge in [-0.1, -0.05) is 52.6 Å². The second kappa shape index (κ2) is 10.9. The highest BCUT2D eigenvalue weighted by Crippen LogP contribution is 2.26. The largest absolute Gasteiger partial charge is 0.494 e. The van der Waals surface area contributed by atoms with Gasteiger partial charge in [0.05, 0.1) is 6.61 Å². The number of halogens is 3. The fourth-order valence-electron chi connectivity index (χ4n) is 2.61. The summed E-state index contributed by atoms with van der Waals surface area (Å²) in [7, 11) is 0. The number of rotatable bonds is 9. The molecule has 4 nitrogen and oxygen atoms in total. The van der Waals surface area contributed by atoms with E-state index in [9.17, 15) is 4.39 Å². The maximum absolute atomic E-state index is 14.1. The van der Waals surface area contributed by atoms with Gasteiger partial charge in [-0.3, -0.25) is 0 Å². The molecule has 156 valence electrons. The lowest BCUT2D eigenvalue weighted by Crippen LogP contribution is -2.11. The van der Waals surface area contributed by atoms with Crippen LogP contribution >= 0.6 is 23.2 Å². The van der Waals surface area contributed by atoms with E-state index in [4.69, 9.17) is 37.5 Å². The molecule has 0 aliphatic carbocycles. The summed E-state index contributed by atoms with van der Waals surface area (Å²) in [6.45, 7) is 2.57. The Morgan fingerprint density at radius 1 is 0.967 bits per heavy atom. The topological polar surface area (TPSA) is 40.0 Å². The van der Waals surface area contributed by atoms with Crippen molar-refractivity contribution in [1.82, 2.24) is 0 Å². The number of benzene rings is 3. The van der Waals surface area contributed by atoms with E-state index in [0.29, 0.717) is 29.2 Å². The van der Waals surface area contributed by atoms with Crippen molar-refractivity contribution in [2.24, 2.45) is 5.16 Å². The number of para-hydroxylation sites is 1. The number of alkyl halides is 2. The lowest BCUT2D eigenvalue weighted by atomic mass is 10.1. The van der Waals surface area contributed by atoms with Gasteiger partial charge in [-0.15, -0.1) is 0 Å². The van der Waals surface area contributed by atoms with Crippen LogP contribution in [0.1, 0.15) is 18.1 Å². The van der Waals surface area contributed by atoms with Crippen LogP contribution in [0.4, 0.5) is 4.39 Å². The van der Waals surface area contributed by atoms with Crippen LogP contribution in [0.5, 0.6) is 17.2 Å². The molecular formula is C23H20Cl2FNO3. The molecule has 3 aromatic carbocycles. The van der Waals surface area contributed by atoms with Gasteiger partial charge in [0, 0.05) is 5.56 Å². The summed E-state index contributed by atoms with van der Waals surface area (Å²) in [5.41, 5.74) is 1.75. The summed E-state index contributed by atoms with van der Waals surface area (Å²) >= 11 is 12.1. The van der Waals surface area contributed by atoms with Crippen LogP contribution in [-0.2, 0) is 11.4 Å². The lowest BCUT2D eigenvalue weighted by Gasteiger charge is -2.10. The molecule has 0 spiro atoms. The Labute approximate surface area is 184 Å². The number of nitrogens with zero attached hydrogens (tertiary/aromatic N) is 1. The highest BCUT2D eigenvalue weighted by molar-refractivity contribution is 6.56. The standard InChI is InChI=1S/C23H20Cl2FNO3/c1-2-28-18-11-9-17(10-12-18)22(23(24)25)27-29-15-16-8-13-20(26)21(14-16)30-19-6-4-3-5-7-19/h3-14,23H,2,15H2,1H3. The summed E-state index contributed by atoms with van der Waals surface area (Å²) < 4.78 is 25.1. The molecule has 0 N–H and O–H groups in total. The van der Waals surface area contributed by atoms with Crippen LogP contribution in [-0.4, -0.2) is 17.2 Å². The molecule has 0 atom stereocenters. The molecule has 0 saturated carbocycles. The first kappa shape index (κ1) is 21.9. The van der Waals surface area contributed by atoms with Gasteiger partial charge in [0.2, 0.25) is 0 Å². The first-order chi connectivity index (χ1) is 14.6. The maximum atomic E-state index is 14.1. The Morgan fingerprint density at radius 3 is 2.37 bits per heavy atom. The first-order valence-electron chi connectivity index (χ1n) is 9.29. The highest BCUT2D eigenvalue weighted by Gasteiger charge is 2.14. The molecule has 0 aromatic heterocycles. The van der Waals surface area contributed by atoms with E-state index in [2.05, 4.69) is 5.16 Å². The minimum Gasteiger partial charge on any atom is -0.494 e. The molecule has 0 saturated heterocycles. The monoisotopic (exact) mass is 447 g/mol. The van der Waals surface area contributed by atoms with Crippen molar-refractivity contribution in [1.29, 1.82) is 0 Å². The molecule has 0 bridgehead atoms. The van der Waals surface area contributed by atoms with E-state index in [-0.39, 0.29) is 12.4 Å². The third-order valence-corrected chi connectivity index (χ3v) is 4.44. The summed E-state index contributed by atoms with van der Waals surface area (Å²) in [4.78, 5) is 4.55. The zero-order valence-corrected chi connectivity index (χ0v) is 17.7. The van der Waals surface area contributed by atoms with Crippen molar-refractivity contribution in [2.75, 3.05) is 6.61 Å². The number of hydrogen-bond acceptors (Lipinski definition) is 4. The van der Waals surface area contributed by atoms with Gasteiger partial charge in [-0.05, 0) is 61.0 Å². The molecule has 3 rings (SSSR count). The van der Waals surface area contributed by atoms with Gasteiger partial charge >= 0.3 is 0 Å². The third-order valence-electron chi connectivity index (χ3n) is 4.03. The van der Waals surface area contributed by atoms with Crippen molar-refractivity contribution in [3.8, 4) is 17.2 Å². The molecule has 0 aliphatic rings. The quantitative estimate of drug-likeness (QED) is 0.207. The van der Waals surface area contributed by atoms with Crippen LogP contribution < -0.4 is 9.47 Å². The van der Waals surface area contributed by atoms with Crippen molar-refractivity contribution in [2.45, 2.75) is 18.4 Å². The predicted octanol–water partition coefficient (Wildman–Crippen LogP) is 6.74. The Morgan fingerprint density at radius 2 is 1.70 bits per heavy atom. The summed E-state index contributed by atoms with van der Waals surface area (Å²) in [5.74, 6) is 0.908. The Kier molecular flexibility index (Phi) is 7.94. The van der Waals surface area contributed by atoms with Crippen LogP contribution in [0.15, 0.2) is 78.0 Å². The van der Waals surface area contributed by atoms with Crippen molar-refractivity contribution < 1.29 is 18.7 Å². The van der Waals surface area contributed by atoms with Gasteiger partial charge in [-0.2, -0.15) is 0 Å². The molecular weight excluding hydrogens is 428 g/mol. The number of oxime groups is 1.